The highest BCUT2D eigenvalue weighted by Gasteiger charge is 2.18. The molecule has 0 amide bonds. The topological polar surface area (TPSA) is 18.5 Å². The molecule has 0 spiro atoms. The van der Waals surface area contributed by atoms with Gasteiger partial charge in [0.05, 0.1) is 0 Å². The van der Waals surface area contributed by atoms with Gasteiger partial charge in [0.25, 0.3) is 0 Å². The zero-order valence-electron chi connectivity index (χ0n) is 15.5. The molecule has 0 bridgehead atoms. The standard InChI is InChI=1S/C20H35N3.H2/c1-5-18(4)15-22-10-12-23(13-11-22)16-20-8-6-19(7-9-20)14-21-17(2)3;/h6-9,17-18,21H,5,10-16H2,1-4H3;1H. The molecule has 1 heterocycles. The number of hydrogen-bond acceptors (Lipinski definition) is 3. The Morgan fingerprint density at radius 2 is 1.52 bits per heavy atom. The molecule has 0 saturated carbocycles. The summed E-state index contributed by atoms with van der Waals surface area (Å²) in [5, 5.41) is 3.47. The van der Waals surface area contributed by atoms with Crippen LogP contribution in [0.2, 0.25) is 0 Å². The number of piperazine rings is 1. The molecule has 0 aromatic heterocycles. The van der Waals surface area contributed by atoms with E-state index in [1.54, 1.807) is 0 Å². The van der Waals surface area contributed by atoms with Crippen LogP contribution in [0.4, 0.5) is 0 Å². The number of rotatable bonds is 8. The van der Waals surface area contributed by atoms with Crippen LogP contribution in [0.5, 0.6) is 0 Å². The van der Waals surface area contributed by atoms with Crippen molar-refractivity contribution in [2.75, 3.05) is 32.7 Å². The zero-order chi connectivity index (χ0) is 16.7. The van der Waals surface area contributed by atoms with Crippen molar-refractivity contribution in [1.29, 1.82) is 0 Å². The molecule has 3 heteroatoms. The third-order valence-corrected chi connectivity index (χ3v) is 4.88. The molecule has 1 saturated heterocycles. The molecule has 3 nitrogen and oxygen atoms in total. The van der Waals surface area contributed by atoms with Gasteiger partial charge >= 0.3 is 0 Å². The minimum Gasteiger partial charge on any atom is -0.310 e. The van der Waals surface area contributed by atoms with Crippen molar-refractivity contribution >= 4 is 0 Å². The molecule has 1 aliphatic heterocycles. The van der Waals surface area contributed by atoms with E-state index >= 15 is 0 Å². The van der Waals surface area contributed by atoms with Crippen molar-refractivity contribution in [1.82, 2.24) is 15.1 Å². The monoisotopic (exact) mass is 319 g/mol. The summed E-state index contributed by atoms with van der Waals surface area (Å²) < 4.78 is 0. The van der Waals surface area contributed by atoms with Crippen molar-refractivity contribution in [3.8, 4) is 0 Å². The lowest BCUT2D eigenvalue weighted by molar-refractivity contribution is 0.114. The predicted octanol–water partition coefficient (Wildman–Crippen LogP) is 3.59. The van der Waals surface area contributed by atoms with E-state index in [2.05, 4.69) is 67.1 Å². The third-order valence-electron chi connectivity index (χ3n) is 4.88. The Labute approximate surface area is 144 Å². The summed E-state index contributed by atoms with van der Waals surface area (Å²) >= 11 is 0. The molecule has 1 aliphatic rings. The van der Waals surface area contributed by atoms with E-state index in [4.69, 9.17) is 0 Å². The van der Waals surface area contributed by atoms with E-state index in [0.29, 0.717) is 6.04 Å². The first kappa shape index (κ1) is 18.4. The summed E-state index contributed by atoms with van der Waals surface area (Å²) in [6, 6.07) is 9.67. The Morgan fingerprint density at radius 3 is 2.09 bits per heavy atom. The van der Waals surface area contributed by atoms with E-state index in [1.807, 2.05) is 0 Å². The molecule has 1 aromatic rings. The average molecular weight is 320 g/mol. The molecule has 0 aliphatic carbocycles. The molecule has 2 rings (SSSR count). The second-order valence-electron chi connectivity index (χ2n) is 7.44. The largest absolute Gasteiger partial charge is 0.310 e. The van der Waals surface area contributed by atoms with Crippen LogP contribution >= 0.6 is 0 Å². The van der Waals surface area contributed by atoms with Crippen molar-refractivity contribution < 1.29 is 1.43 Å². The van der Waals surface area contributed by atoms with Gasteiger partial charge < -0.3 is 10.2 Å². The molecular weight excluding hydrogens is 282 g/mol. The van der Waals surface area contributed by atoms with Crippen LogP contribution in [0.15, 0.2) is 24.3 Å². The Bertz CT molecular complexity index is 439. The highest BCUT2D eigenvalue weighted by Crippen LogP contribution is 2.12. The fourth-order valence-electron chi connectivity index (χ4n) is 3.04. The molecule has 1 fully saturated rings. The minimum atomic E-state index is 0. The summed E-state index contributed by atoms with van der Waals surface area (Å²) in [4.78, 5) is 5.22. The van der Waals surface area contributed by atoms with Crippen LogP contribution in [-0.4, -0.2) is 48.6 Å². The molecule has 1 aromatic carbocycles. The second-order valence-corrected chi connectivity index (χ2v) is 7.44. The summed E-state index contributed by atoms with van der Waals surface area (Å²) in [5.41, 5.74) is 2.81. The van der Waals surface area contributed by atoms with Crippen LogP contribution < -0.4 is 5.32 Å². The first-order valence-corrected chi connectivity index (χ1v) is 9.32. The van der Waals surface area contributed by atoms with Crippen molar-refractivity contribution in [2.24, 2.45) is 5.92 Å². The summed E-state index contributed by atoms with van der Waals surface area (Å²) in [7, 11) is 0. The van der Waals surface area contributed by atoms with E-state index in [9.17, 15) is 0 Å². The van der Waals surface area contributed by atoms with Gasteiger partial charge in [-0.05, 0) is 17.0 Å². The lowest BCUT2D eigenvalue weighted by Crippen LogP contribution is -2.47. The molecule has 0 radical (unpaired) electrons. The zero-order valence-corrected chi connectivity index (χ0v) is 15.5. The van der Waals surface area contributed by atoms with Crippen molar-refractivity contribution in [3.05, 3.63) is 35.4 Å². The second kappa shape index (κ2) is 9.41. The highest BCUT2D eigenvalue weighted by molar-refractivity contribution is 5.22. The molecule has 132 valence electrons. The highest BCUT2D eigenvalue weighted by atomic mass is 15.3. The van der Waals surface area contributed by atoms with Crippen LogP contribution in [0.1, 0.15) is 46.7 Å². The Hall–Kier alpha value is -0.900. The predicted molar refractivity (Wildman–Crippen MR) is 102 cm³/mol. The first-order chi connectivity index (χ1) is 11.1. The Kier molecular flexibility index (Phi) is 7.54. The number of nitrogens with zero attached hydrogens (tertiary/aromatic N) is 2. The van der Waals surface area contributed by atoms with Gasteiger partial charge in [-0.1, -0.05) is 58.4 Å². The molecule has 23 heavy (non-hydrogen) atoms. The van der Waals surface area contributed by atoms with E-state index in [-0.39, 0.29) is 1.43 Å². The number of hydrogen-bond donors (Lipinski definition) is 1. The minimum absolute atomic E-state index is 0. The van der Waals surface area contributed by atoms with Gasteiger partial charge in [0, 0.05) is 53.3 Å². The lowest BCUT2D eigenvalue weighted by Gasteiger charge is -2.35. The maximum atomic E-state index is 3.47. The molecule has 1 N–H and O–H groups in total. The van der Waals surface area contributed by atoms with Crippen LogP contribution in [-0.2, 0) is 13.1 Å². The Morgan fingerprint density at radius 1 is 0.957 bits per heavy atom. The first-order valence-electron chi connectivity index (χ1n) is 9.32. The van der Waals surface area contributed by atoms with Crippen LogP contribution in [0, 0.1) is 5.92 Å². The van der Waals surface area contributed by atoms with Crippen molar-refractivity contribution in [3.63, 3.8) is 0 Å². The Balaban J connectivity index is 0.00000288. The SMILES string of the molecule is CCC(C)CN1CCN(Cc2ccc(CNC(C)C)cc2)CC1.[HH]. The smallest absolute Gasteiger partial charge is 0.0234 e. The van der Waals surface area contributed by atoms with Gasteiger partial charge in [0.2, 0.25) is 0 Å². The number of benzene rings is 1. The van der Waals surface area contributed by atoms with Gasteiger partial charge in [0.15, 0.2) is 0 Å². The maximum absolute atomic E-state index is 3.47. The lowest BCUT2D eigenvalue weighted by atomic mass is 10.1. The third kappa shape index (κ3) is 6.62. The van der Waals surface area contributed by atoms with Gasteiger partial charge in [-0.3, -0.25) is 4.90 Å². The fourth-order valence-corrected chi connectivity index (χ4v) is 3.04. The van der Waals surface area contributed by atoms with Gasteiger partial charge in [-0.25, -0.2) is 0 Å². The van der Waals surface area contributed by atoms with E-state index in [1.165, 1.54) is 50.3 Å². The molecule has 1 atom stereocenters. The molecule has 1 unspecified atom stereocenters. The average Bonchev–Trinajstić information content (AvgIpc) is 2.56. The number of nitrogens with one attached hydrogen (secondary N) is 1. The van der Waals surface area contributed by atoms with Crippen LogP contribution in [0.25, 0.3) is 0 Å². The molecular formula is C20H37N3. The van der Waals surface area contributed by atoms with E-state index < -0.39 is 0 Å². The van der Waals surface area contributed by atoms with Crippen molar-refractivity contribution in [2.45, 2.75) is 53.2 Å². The van der Waals surface area contributed by atoms with Gasteiger partial charge in [0.1, 0.15) is 0 Å². The summed E-state index contributed by atoms with van der Waals surface area (Å²) in [6.07, 6.45) is 1.29. The summed E-state index contributed by atoms with van der Waals surface area (Å²) in [6.45, 7) is 17.2. The normalized spacial score (nSPS) is 18.5. The fraction of sp³-hybridized carbons (Fsp3) is 0.700. The summed E-state index contributed by atoms with van der Waals surface area (Å²) in [5.74, 6) is 0.827. The van der Waals surface area contributed by atoms with Crippen LogP contribution in [0.3, 0.4) is 0 Å². The quantitative estimate of drug-likeness (QED) is 0.790. The van der Waals surface area contributed by atoms with Gasteiger partial charge in [-0.15, -0.1) is 0 Å². The van der Waals surface area contributed by atoms with E-state index in [0.717, 1.165) is 19.0 Å². The van der Waals surface area contributed by atoms with Gasteiger partial charge in [-0.2, -0.15) is 0 Å². The maximum Gasteiger partial charge on any atom is 0.0234 e.